The van der Waals surface area contributed by atoms with Crippen molar-refractivity contribution in [3.05, 3.63) is 59.9 Å². The predicted molar refractivity (Wildman–Crippen MR) is 120 cm³/mol. The minimum absolute atomic E-state index is 0.0447. The lowest BCUT2D eigenvalue weighted by Gasteiger charge is -2.31. The molecule has 0 radical (unpaired) electrons. The van der Waals surface area contributed by atoms with Gasteiger partial charge in [0.2, 0.25) is 15.9 Å². The molecule has 1 unspecified atom stereocenters. The second-order valence-corrected chi connectivity index (χ2v) is 9.65. The number of anilines is 1. The molecule has 0 aromatic heterocycles. The van der Waals surface area contributed by atoms with Gasteiger partial charge in [0, 0.05) is 38.4 Å². The number of carbonyl (C=O) groups excluding carboxylic acids is 1. The molecule has 0 spiro atoms. The molecule has 0 aliphatic carbocycles. The molecule has 1 amide bonds. The predicted octanol–water partition coefficient (Wildman–Crippen LogP) is 3.39. The highest BCUT2D eigenvalue weighted by molar-refractivity contribution is 7.89. The summed E-state index contributed by atoms with van der Waals surface area (Å²) in [7, 11) is -3.75. The Bertz CT molecular complexity index is 974. The summed E-state index contributed by atoms with van der Waals surface area (Å²) in [5.74, 6) is -1.04. The maximum atomic E-state index is 13.1. The van der Waals surface area contributed by atoms with E-state index in [2.05, 4.69) is 24.1 Å². The molecule has 1 saturated heterocycles. The Morgan fingerprint density at radius 3 is 2.35 bits per heavy atom. The van der Waals surface area contributed by atoms with Gasteiger partial charge in [0.1, 0.15) is 5.82 Å². The van der Waals surface area contributed by atoms with Gasteiger partial charge >= 0.3 is 0 Å². The van der Waals surface area contributed by atoms with Crippen LogP contribution in [-0.2, 0) is 21.4 Å². The summed E-state index contributed by atoms with van der Waals surface area (Å²) < 4.78 is 40.2. The Balaban J connectivity index is 1.59. The average Bonchev–Trinajstić information content (AvgIpc) is 2.79. The Morgan fingerprint density at radius 2 is 1.74 bits per heavy atom. The number of piperidine rings is 1. The van der Waals surface area contributed by atoms with Crippen LogP contribution in [0.2, 0.25) is 0 Å². The first-order valence-electron chi connectivity index (χ1n) is 10.7. The van der Waals surface area contributed by atoms with E-state index in [1.165, 1.54) is 16.4 Å². The Morgan fingerprint density at radius 1 is 1.10 bits per heavy atom. The molecule has 2 aromatic carbocycles. The number of hydrogen-bond acceptors (Lipinski definition) is 4. The highest BCUT2D eigenvalue weighted by Crippen LogP contribution is 2.24. The number of hydrogen-bond donors (Lipinski definition) is 1. The van der Waals surface area contributed by atoms with Crippen LogP contribution in [0.15, 0.2) is 53.4 Å². The van der Waals surface area contributed by atoms with Gasteiger partial charge in [0.25, 0.3) is 0 Å². The van der Waals surface area contributed by atoms with Crippen LogP contribution in [0.1, 0.15) is 32.3 Å². The molecule has 1 heterocycles. The van der Waals surface area contributed by atoms with Crippen LogP contribution in [0, 0.1) is 11.7 Å². The fourth-order valence-corrected chi connectivity index (χ4v) is 5.40. The molecular weight excluding hydrogens is 417 g/mol. The summed E-state index contributed by atoms with van der Waals surface area (Å²) in [6.45, 7) is 6.99. The molecule has 168 valence electrons. The highest BCUT2D eigenvalue weighted by atomic mass is 32.2. The van der Waals surface area contributed by atoms with Crippen molar-refractivity contribution >= 4 is 21.6 Å². The molecule has 1 fully saturated rings. The number of nitrogens with one attached hydrogen (secondary N) is 1. The van der Waals surface area contributed by atoms with Gasteiger partial charge in [-0.25, -0.2) is 12.8 Å². The van der Waals surface area contributed by atoms with Crippen LogP contribution in [0.3, 0.4) is 0 Å². The van der Waals surface area contributed by atoms with Gasteiger partial charge in [-0.05, 0) is 68.7 Å². The summed E-state index contributed by atoms with van der Waals surface area (Å²) in [6, 6.07) is 12.9. The first-order valence-corrected chi connectivity index (χ1v) is 12.2. The van der Waals surface area contributed by atoms with E-state index in [9.17, 15) is 17.6 Å². The summed E-state index contributed by atoms with van der Waals surface area (Å²) in [4.78, 5) is 15.0. The third kappa shape index (κ3) is 5.62. The topological polar surface area (TPSA) is 69.7 Å². The number of nitrogens with zero attached hydrogens (tertiary/aromatic N) is 2. The minimum Gasteiger partial charge on any atom is -0.372 e. The van der Waals surface area contributed by atoms with Crippen molar-refractivity contribution in [1.82, 2.24) is 9.62 Å². The maximum Gasteiger partial charge on any atom is 0.243 e. The molecule has 31 heavy (non-hydrogen) atoms. The van der Waals surface area contributed by atoms with Crippen molar-refractivity contribution in [3.8, 4) is 0 Å². The van der Waals surface area contributed by atoms with Crippen molar-refractivity contribution < 1.29 is 17.6 Å². The summed E-state index contributed by atoms with van der Waals surface area (Å²) >= 11 is 0. The lowest BCUT2D eigenvalue weighted by atomic mass is 9.98. The van der Waals surface area contributed by atoms with E-state index >= 15 is 0 Å². The minimum atomic E-state index is -3.75. The van der Waals surface area contributed by atoms with Gasteiger partial charge in [0.15, 0.2) is 0 Å². The van der Waals surface area contributed by atoms with Gasteiger partial charge in [-0.1, -0.05) is 12.1 Å². The number of halogens is 1. The van der Waals surface area contributed by atoms with Crippen molar-refractivity contribution in [1.29, 1.82) is 0 Å². The molecule has 2 aromatic rings. The average molecular weight is 448 g/mol. The molecule has 1 aliphatic rings. The lowest BCUT2D eigenvalue weighted by molar-refractivity contribution is -0.126. The highest BCUT2D eigenvalue weighted by Gasteiger charge is 2.33. The van der Waals surface area contributed by atoms with Crippen molar-refractivity contribution in [2.24, 2.45) is 5.92 Å². The summed E-state index contributed by atoms with van der Waals surface area (Å²) in [6.07, 6.45) is 1.25. The Labute approximate surface area is 184 Å². The third-order valence-corrected chi connectivity index (χ3v) is 7.62. The van der Waals surface area contributed by atoms with Crippen molar-refractivity contribution in [2.45, 2.75) is 38.1 Å². The van der Waals surface area contributed by atoms with Crippen LogP contribution >= 0.6 is 0 Å². The standard InChI is InChI=1S/C23H30FN3O3S/c1-3-26(4-2)21-11-7-18(8-12-21)16-25-23(28)19-6-5-15-27(17-19)31(29,30)22-13-9-20(24)10-14-22/h7-14,19H,3-6,15-17H2,1-2H3,(H,25,28). The van der Waals surface area contributed by atoms with Crippen LogP contribution in [0.25, 0.3) is 0 Å². The van der Waals surface area contributed by atoms with E-state index in [1.54, 1.807) is 0 Å². The number of rotatable bonds is 8. The van der Waals surface area contributed by atoms with E-state index < -0.39 is 21.8 Å². The summed E-state index contributed by atoms with van der Waals surface area (Å²) in [5.41, 5.74) is 2.14. The molecule has 0 bridgehead atoms. The van der Waals surface area contributed by atoms with E-state index in [4.69, 9.17) is 0 Å². The molecule has 0 saturated carbocycles. The van der Waals surface area contributed by atoms with Crippen LogP contribution in [0.5, 0.6) is 0 Å². The Kier molecular flexibility index (Phi) is 7.67. The Hall–Kier alpha value is -2.45. The molecule has 1 atom stereocenters. The van der Waals surface area contributed by atoms with Crippen molar-refractivity contribution in [3.63, 3.8) is 0 Å². The molecule has 1 aliphatic heterocycles. The maximum absolute atomic E-state index is 13.1. The van der Waals surface area contributed by atoms with Crippen LogP contribution < -0.4 is 10.2 Å². The van der Waals surface area contributed by atoms with E-state index in [-0.39, 0.29) is 17.3 Å². The fraction of sp³-hybridized carbons (Fsp3) is 0.435. The number of amides is 1. The van der Waals surface area contributed by atoms with Gasteiger partial charge in [-0.3, -0.25) is 4.79 Å². The molecule has 8 heteroatoms. The first kappa shape index (κ1) is 23.2. The van der Waals surface area contributed by atoms with Gasteiger partial charge in [-0.15, -0.1) is 0 Å². The zero-order chi connectivity index (χ0) is 22.4. The molecule has 6 nitrogen and oxygen atoms in total. The monoisotopic (exact) mass is 447 g/mol. The quantitative estimate of drug-likeness (QED) is 0.674. The zero-order valence-corrected chi connectivity index (χ0v) is 18.9. The molecular formula is C23H30FN3O3S. The number of carbonyl (C=O) groups is 1. The van der Waals surface area contributed by atoms with E-state index in [0.717, 1.165) is 36.5 Å². The van der Waals surface area contributed by atoms with Gasteiger partial charge in [0.05, 0.1) is 10.8 Å². The summed E-state index contributed by atoms with van der Waals surface area (Å²) in [5, 5.41) is 2.94. The smallest absolute Gasteiger partial charge is 0.243 e. The largest absolute Gasteiger partial charge is 0.372 e. The van der Waals surface area contributed by atoms with Crippen molar-refractivity contribution in [2.75, 3.05) is 31.1 Å². The molecule has 3 rings (SSSR count). The second-order valence-electron chi connectivity index (χ2n) is 7.71. The zero-order valence-electron chi connectivity index (χ0n) is 18.1. The SMILES string of the molecule is CCN(CC)c1ccc(CNC(=O)C2CCCN(S(=O)(=O)c3ccc(F)cc3)C2)cc1. The van der Waals surface area contributed by atoms with Gasteiger partial charge < -0.3 is 10.2 Å². The second kappa shape index (κ2) is 10.2. The lowest BCUT2D eigenvalue weighted by Crippen LogP contribution is -2.45. The van der Waals surface area contributed by atoms with Crippen LogP contribution in [-0.4, -0.2) is 44.8 Å². The van der Waals surface area contributed by atoms with E-state index in [1.807, 2.05) is 24.3 Å². The van der Waals surface area contributed by atoms with Crippen LogP contribution in [0.4, 0.5) is 10.1 Å². The van der Waals surface area contributed by atoms with E-state index in [0.29, 0.717) is 25.9 Å². The molecule has 1 N–H and O–H groups in total. The first-order chi connectivity index (χ1) is 14.8. The number of benzene rings is 2. The number of sulfonamides is 1. The normalized spacial score (nSPS) is 17.3. The third-order valence-electron chi connectivity index (χ3n) is 5.74. The van der Waals surface area contributed by atoms with Gasteiger partial charge in [-0.2, -0.15) is 4.31 Å². The fourth-order valence-electron chi connectivity index (χ4n) is 3.88.